The number of anilines is 2. The van der Waals surface area contributed by atoms with Crippen molar-refractivity contribution >= 4 is 51.4 Å². The van der Waals surface area contributed by atoms with Crippen LogP contribution in [0.15, 0.2) is 127 Å². The standard InChI is InChI=1S/C62H65BN2/c1-11-12-13-18-38-23-29-41(30-24-38)64-53-22-17-15-20-43(53)46-33-44(39-25-27-40(28-26-39)59(2,3)4)56-47-34-50-51(61(7,8)32-31-60(50,5)6)37-54(47)65-55-35-45-42-19-14-16-21-48(42)62(9,10)49(45)36-52(55)63-57(46)58(56)65/h14-17,19-30,33-37,63-64H,11-13,18,31-32H2,1-10H3. The number of nitrogens with one attached hydrogen (secondary N) is 1. The third kappa shape index (κ3) is 6.66. The number of para-hydroxylation sites is 1. The molecule has 8 aromatic rings. The molecule has 3 heteroatoms. The minimum Gasteiger partial charge on any atom is -0.355 e. The summed E-state index contributed by atoms with van der Waals surface area (Å²) in [5.41, 5.74) is 25.7. The van der Waals surface area contributed by atoms with Crippen LogP contribution >= 0.6 is 0 Å². The van der Waals surface area contributed by atoms with E-state index in [2.05, 4.69) is 207 Å². The van der Waals surface area contributed by atoms with Gasteiger partial charge in [0.25, 0.3) is 0 Å². The van der Waals surface area contributed by atoms with E-state index in [1.165, 1.54) is 137 Å². The first-order valence-corrected chi connectivity index (χ1v) is 24.6. The minimum atomic E-state index is -0.0854. The topological polar surface area (TPSA) is 17.0 Å². The van der Waals surface area contributed by atoms with Crippen LogP contribution in [0.5, 0.6) is 0 Å². The van der Waals surface area contributed by atoms with Crippen LogP contribution in [0.3, 0.4) is 0 Å². The number of hydrogen-bond acceptors (Lipinski definition) is 1. The summed E-state index contributed by atoms with van der Waals surface area (Å²) in [5.74, 6) is 0. The number of benzene rings is 7. The van der Waals surface area contributed by atoms with Gasteiger partial charge < -0.3 is 9.88 Å². The molecule has 0 atom stereocenters. The highest BCUT2D eigenvalue weighted by Crippen LogP contribution is 2.53. The van der Waals surface area contributed by atoms with E-state index in [4.69, 9.17) is 0 Å². The zero-order valence-electron chi connectivity index (χ0n) is 40.5. The van der Waals surface area contributed by atoms with Crippen LogP contribution in [0.2, 0.25) is 0 Å². The Balaban J connectivity index is 1.22. The molecule has 0 amide bonds. The number of nitrogens with zero attached hydrogens (tertiary/aromatic N) is 1. The van der Waals surface area contributed by atoms with Crippen molar-refractivity contribution in [3.8, 4) is 39.1 Å². The molecule has 7 aromatic carbocycles. The lowest BCUT2D eigenvalue weighted by molar-refractivity contribution is 0.332. The van der Waals surface area contributed by atoms with E-state index in [1.807, 2.05) is 0 Å². The zero-order valence-corrected chi connectivity index (χ0v) is 40.5. The Morgan fingerprint density at radius 1 is 0.615 bits per heavy atom. The van der Waals surface area contributed by atoms with E-state index in [-0.39, 0.29) is 21.7 Å². The number of rotatable bonds is 8. The van der Waals surface area contributed by atoms with E-state index in [9.17, 15) is 0 Å². The van der Waals surface area contributed by atoms with Gasteiger partial charge in [0.1, 0.15) is 0 Å². The Morgan fingerprint density at radius 2 is 1.29 bits per heavy atom. The van der Waals surface area contributed by atoms with E-state index in [0.29, 0.717) is 0 Å². The molecule has 0 radical (unpaired) electrons. The maximum atomic E-state index is 3.93. The number of aryl methyl sites for hydroxylation is 1. The van der Waals surface area contributed by atoms with Gasteiger partial charge in [-0.25, -0.2) is 0 Å². The second-order valence-electron chi connectivity index (χ2n) is 22.7. The Hall–Kier alpha value is -5.80. The molecule has 1 aromatic heterocycles. The SMILES string of the molecule is CCCCCc1ccc(Nc2ccccc2-c2cc(-c3ccc(C(C)(C)C)cc3)c3c4cc5c(cc4n4c3c2Bc2cc3c(cc2-4)-c2ccccc2C3(C)C)C(C)(C)CCC5(C)C)cc1. The molecule has 0 spiro atoms. The first-order valence-electron chi connectivity index (χ1n) is 24.6. The van der Waals surface area contributed by atoms with E-state index in [1.54, 1.807) is 0 Å². The maximum absolute atomic E-state index is 3.93. The van der Waals surface area contributed by atoms with Crippen LogP contribution in [0.25, 0.3) is 60.9 Å². The van der Waals surface area contributed by atoms with Crippen LogP contribution in [-0.4, -0.2) is 11.8 Å². The van der Waals surface area contributed by atoms with Gasteiger partial charge in [-0.15, -0.1) is 0 Å². The van der Waals surface area contributed by atoms with Crippen LogP contribution in [0, 0.1) is 0 Å². The molecule has 2 aliphatic carbocycles. The lowest BCUT2D eigenvalue weighted by Crippen LogP contribution is -2.38. The summed E-state index contributed by atoms with van der Waals surface area (Å²) in [4.78, 5) is 0. The van der Waals surface area contributed by atoms with Crippen molar-refractivity contribution in [2.45, 2.75) is 129 Å². The zero-order chi connectivity index (χ0) is 45.2. The van der Waals surface area contributed by atoms with Gasteiger partial charge in [-0.05, 0) is 151 Å². The monoisotopic (exact) mass is 849 g/mol. The Labute approximate surface area is 388 Å². The number of fused-ring (bicyclic) bond motifs is 9. The van der Waals surface area contributed by atoms with Gasteiger partial charge in [-0.3, -0.25) is 0 Å². The second-order valence-corrected chi connectivity index (χ2v) is 22.7. The average Bonchev–Trinajstić information content (AvgIpc) is 3.74. The second kappa shape index (κ2) is 14.9. The normalized spacial score (nSPS) is 16.2. The van der Waals surface area contributed by atoms with Crippen molar-refractivity contribution in [1.29, 1.82) is 0 Å². The molecule has 11 rings (SSSR count). The van der Waals surface area contributed by atoms with Crippen molar-refractivity contribution < 1.29 is 0 Å². The fourth-order valence-corrected chi connectivity index (χ4v) is 12.0. The summed E-state index contributed by atoms with van der Waals surface area (Å²) in [6.07, 6.45) is 7.26. The van der Waals surface area contributed by atoms with E-state index in [0.717, 1.165) is 25.1 Å². The molecule has 0 unspecified atom stereocenters. The molecule has 2 nitrogen and oxygen atoms in total. The van der Waals surface area contributed by atoms with Gasteiger partial charge in [0.15, 0.2) is 7.28 Å². The Morgan fingerprint density at radius 3 is 2.00 bits per heavy atom. The summed E-state index contributed by atoms with van der Waals surface area (Å²) in [5, 5.41) is 6.67. The number of aromatic nitrogens is 1. The fourth-order valence-electron chi connectivity index (χ4n) is 12.0. The van der Waals surface area contributed by atoms with Gasteiger partial charge in [0.05, 0.1) is 5.52 Å². The van der Waals surface area contributed by atoms with Crippen LogP contribution in [0.1, 0.15) is 135 Å². The molecule has 0 saturated carbocycles. The molecule has 2 heterocycles. The van der Waals surface area contributed by atoms with Gasteiger partial charge in [0, 0.05) is 44.3 Å². The molecule has 65 heavy (non-hydrogen) atoms. The fraction of sp³-hybridized carbons (Fsp3) is 0.323. The lowest BCUT2D eigenvalue weighted by Gasteiger charge is -2.42. The van der Waals surface area contributed by atoms with Crippen molar-refractivity contribution in [3.05, 3.63) is 161 Å². The minimum absolute atomic E-state index is 0.0622. The smallest absolute Gasteiger partial charge is 0.198 e. The van der Waals surface area contributed by atoms with Crippen molar-refractivity contribution in [2.75, 3.05) is 5.32 Å². The molecule has 1 aliphatic heterocycles. The quantitative estimate of drug-likeness (QED) is 0.119. The maximum Gasteiger partial charge on any atom is 0.198 e. The molecule has 0 fully saturated rings. The summed E-state index contributed by atoms with van der Waals surface area (Å²) < 4.78 is 2.72. The van der Waals surface area contributed by atoms with Gasteiger partial charge in [0.2, 0.25) is 0 Å². The van der Waals surface area contributed by atoms with Gasteiger partial charge in [-0.1, -0.05) is 172 Å². The molecular weight excluding hydrogens is 784 g/mol. The van der Waals surface area contributed by atoms with Crippen LogP contribution < -0.4 is 16.2 Å². The first-order chi connectivity index (χ1) is 31.0. The molecular formula is C62H65BN2. The highest BCUT2D eigenvalue weighted by molar-refractivity contribution is 6.73. The third-order valence-electron chi connectivity index (χ3n) is 16.1. The Bertz CT molecular complexity index is 3200. The summed E-state index contributed by atoms with van der Waals surface area (Å²) in [6.45, 7) is 24.0. The van der Waals surface area contributed by atoms with E-state index >= 15 is 0 Å². The average molecular weight is 849 g/mol. The largest absolute Gasteiger partial charge is 0.355 e. The van der Waals surface area contributed by atoms with E-state index < -0.39 is 0 Å². The summed E-state index contributed by atoms with van der Waals surface area (Å²) in [6, 6.07) is 49.8. The summed E-state index contributed by atoms with van der Waals surface area (Å²) in [7, 11) is 0.859. The van der Waals surface area contributed by atoms with Crippen molar-refractivity contribution in [2.24, 2.45) is 0 Å². The van der Waals surface area contributed by atoms with Gasteiger partial charge in [-0.2, -0.15) is 0 Å². The molecule has 3 aliphatic rings. The lowest BCUT2D eigenvalue weighted by atomic mass is 9.58. The summed E-state index contributed by atoms with van der Waals surface area (Å²) >= 11 is 0. The number of hydrogen-bond donors (Lipinski definition) is 1. The number of unbranched alkanes of at least 4 members (excludes halogenated alkanes) is 2. The van der Waals surface area contributed by atoms with Gasteiger partial charge >= 0.3 is 0 Å². The van der Waals surface area contributed by atoms with Crippen LogP contribution in [0.4, 0.5) is 11.4 Å². The molecule has 326 valence electrons. The van der Waals surface area contributed by atoms with Crippen molar-refractivity contribution in [3.63, 3.8) is 0 Å². The molecule has 0 saturated heterocycles. The highest BCUT2D eigenvalue weighted by Gasteiger charge is 2.41. The van der Waals surface area contributed by atoms with Crippen LogP contribution in [-0.2, 0) is 28.1 Å². The Kier molecular flexibility index (Phi) is 9.58. The molecule has 1 N–H and O–H groups in total. The predicted octanol–water partition coefficient (Wildman–Crippen LogP) is 15.2. The highest BCUT2D eigenvalue weighted by atomic mass is 15.0. The molecule has 0 bridgehead atoms. The third-order valence-corrected chi connectivity index (χ3v) is 16.1. The first kappa shape index (κ1) is 41.9. The van der Waals surface area contributed by atoms with Crippen molar-refractivity contribution in [1.82, 2.24) is 4.57 Å². The predicted molar refractivity (Wildman–Crippen MR) is 283 cm³/mol.